The summed E-state index contributed by atoms with van der Waals surface area (Å²) in [4.78, 5) is 2.54. The molecule has 2 aliphatic rings. The lowest BCUT2D eigenvalue weighted by atomic mass is 9.92. The molecule has 1 unspecified atom stereocenters. The van der Waals surface area contributed by atoms with Gasteiger partial charge in [-0.05, 0) is 43.7 Å². The Balaban J connectivity index is 1.83. The van der Waals surface area contributed by atoms with Gasteiger partial charge in [-0.25, -0.2) is 0 Å². The monoisotopic (exact) mass is 307 g/mol. The molecular weight excluding hydrogens is 286 g/mol. The lowest BCUT2D eigenvalue weighted by molar-refractivity contribution is 0.414. The summed E-state index contributed by atoms with van der Waals surface area (Å²) in [6, 6.07) is 9.05. The molecule has 2 heterocycles. The van der Waals surface area contributed by atoms with Crippen molar-refractivity contribution in [3.63, 3.8) is 0 Å². The number of allylic oxidation sites excluding steroid dienone is 1. The summed E-state index contributed by atoms with van der Waals surface area (Å²) < 4.78 is 5.94. The Morgan fingerprint density at radius 2 is 1.80 bits per heavy atom. The van der Waals surface area contributed by atoms with E-state index in [2.05, 4.69) is 66.5 Å². The molecule has 108 valence electrons. The number of ether oxygens (including phenoxy) is 1. The van der Waals surface area contributed by atoms with Crippen molar-refractivity contribution in [1.82, 2.24) is 0 Å². The summed E-state index contributed by atoms with van der Waals surface area (Å²) in [5, 5.41) is 0. The van der Waals surface area contributed by atoms with Gasteiger partial charge in [-0.1, -0.05) is 5.57 Å². The molecule has 0 spiro atoms. The van der Waals surface area contributed by atoms with Gasteiger partial charge in [0.2, 0.25) is 0 Å². The van der Waals surface area contributed by atoms with Crippen LogP contribution in [0.25, 0.3) is 0 Å². The zero-order chi connectivity index (χ0) is 14.1. The molecule has 3 rings (SSSR count). The predicted molar refractivity (Wildman–Crippen MR) is 91.2 cm³/mol. The Kier molecular flexibility index (Phi) is 4.22. The molecule has 2 fully saturated rings. The van der Waals surface area contributed by atoms with Crippen LogP contribution < -0.4 is 9.64 Å². The van der Waals surface area contributed by atoms with Crippen molar-refractivity contribution in [2.24, 2.45) is 0 Å². The van der Waals surface area contributed by atoms with E-state index < -0.39 is 0 Å². The molecule has 1 aromatic rings. The van der Waals surface area contributed by atoms with Crippen LogP contribution in [0.3, 0.4) is 0 Å². The average Bonchev–Trinajstić information content (AvgIpc) is 2.91. The third-order valence-electron chi connectivity index (χ3n) is 3.99. The Morgan fingerprint density at radius 3 is 2.35 bits per heavy atom. The van der Waals surface area contributed by atoms with E-state index in [4.69, 9.17) is 4.74 Å². The quantitative estimate of drug-likeness (QED) is 0.781. The molecule has 2 saturated heterocycles. The second-order valence-electron chi connectivity index (χ2n) is 5.41. The topological polar surface area (TPSA) is 12.5 Å². The maximum atomic E-state index is 5.25. The van der Waals surface area contributed by atoms with Crippen molar-refractivity contribution in [2.75, 3.05) is 30.1 Å². The number of thioether (sulfide) groups is 2. The van der Waals surface area contributed by atoms with Crippen molar-refractivity contribution >= 4 is 29.2 Å². The number of benzene rings is 1. The van der Waals surface area contributed by atoms with Crippen LogP contribution in [0, 0.1) is 0 Å². The van der Waals surface area contributed by atoms with Crippen LogP contribution in [0.2, 0.25) is 0 Å². The van der Waals surface area contributed by atoms with Gasteiger partial charge >= 0.3 is 0 Å². The van der Waals surface area contributed by atoms with Crippen LogP contribution in [0.5, 0.6) is 5.75 Å². The number of hydrogen-bond acceptors (Lipinski definition) is 4. The zero-order valence-corrected chi connectivity index (χ0v) is 13.9. The van der Waals surface area contributed by atoms with Crippen LogP contribution in [-0.2, 0) is 0 Å². The van der Waals surface area contributed by atoms with Crippen LogP contribution in [0.4, 0.5) is 5.69 Å². The highest BCUT2D eigenvalue weighted by Gasteiger charge is 2.41. The standard InChI is InChI=1S/C16H21NOS2/c1-11(2)14-10-17(15(14)16-19-8-9-20-16)12-4-6-13(18-3)7-5-12/h4-7,15-16H,8-10H2,1-3H3. The van der Waals surface area contributed by atoms with E-state index in [0.717, 1.165) is 12.3 Å². The largest absolute Gasteiger partial charge is 0.497 e. The first-order valence-corrected chi connectivity index (χ1v) is 9.10. The van der Waals surface area contributed by atoms with E-state index >= 15 is 0 Å². The van der Waals surface area contributed by atoms with Crippen molar-refractivity contribution < 1.29 is 4.74 Å². The normalized spacial score (nSPS) is 22.9. The number of hydrogen-bond donors (Lipinski definition) is 0. The number of anilines is 1. The highest BCUT2D eigenvalue weighted by atomic mass is 32.2. The molecule has 1 aromatic carbocycles. The second kappa shape index (κ2) is 5.94. The van der Waals surface area contributed by atoms with E-state index in [-0.39, 0.29) is 0 Å². The molecule has 2 aliphatic heterocycles. The summed E-state index contributed by atoms with van der Waals surface area (Å²) in [5.74, 6) is 3.51. The van der Waals surface area contributed by atoms with Crippen molar-refractivity contribution in [1.29, 1.82) is 0 Å². The minimum absolute atomic E-state index is 0.575. The van der Waals surface area contributed by atoms with Gasteiger partial charge in [-0.3, -0.25) is 0 Å². The van der Waals surface area contributed by atoms with Gasteiger partial charge in [0.05, 0.1) is 17.7 Å². The average molecular weight is 307 g/mol. The first kappa shape index (κ1) is 14.2. The van der Waals surface area contributed by atoms with Gasteiger partial charge in [0.25, 0.3) is 0 Å². The van der Waals surface area contributed by atoms with E-state index in [0.29, 0.717) is 10.6 Å². The highest BCUT2D eigenvalue weighted by molar-refractivity contribution is 8.20. The molecule has 0 amide bonds. The molecular formula is C16H21NOS2. The molecule has 20 heavy (non-hydrogen) atoms. The molecule has 0 radical (unpaired) electrons. The first-order chi connectivity index (χ1) is 9.70. The van der Waals surface area contributed by atoms with Crippen LogP contribution in [0.15, 0.2) is 35.4 Å². The summed E-state index contributed by atoms with van der Waals surface area (Å²) in [6.07, 6.45) is 0. The summed E-state index contributed by atoms with van der Waals surface area (Å²) >= 11 is 4.23. The maximum absolute atomic E-state index is 5.25. The summed E-state index contributed by atoms with van der Waals surface area (Å²) in [7, 11) is 1.72. The molecule has 0 N–H and O–H groups in total. The molecule has 0 bridgehead atoms. The van der Waals surface area contributed by atoms with Gasteiger partial charge in [-0.15, -0.1) is 23.5 Å². The predicted octanol–water partition coefficient (Wildman–Crippen LogP) is 4.03. The second-order valence-corrected chi connectivity index (χ2v) is 8.20. The van der Waals surface area contributed by atoms with Crippen molar-refractivity contribution in [3.8, 4) is 5.75 Å². The minimum atomic E-state index is 0.575. The van der Waals surface area contributed by atoms with E-state index in [1.165, 1.54) is 22.8 Å². The Labute approximate surface area is 129 Å². The van der Waals surface area contributed by atoms with Crippen LogP contribution in [0.1, 0.15) is 13.8 Å². The fourth-order valence-corrected chi connectivity index (χ4v) is 5.98. The number of nitrogens with zero attached hydrogens (tertiary/aromatic N) is 1. The molecule has 0 saturated carbocycles. The van der Waals surface area contributed by atoms with Crippen molar-refractivity contribution in [2.45, 2.75) is 24.5 Å². The third kappa shape index (κ3) is 2.56. The fourth-order valence-electron chi connectivity index (χ4n) is 2.80. The molecule has 0 aliphatic carbocycles. The SMILES string of the molecule is COc1ccc(N2CC(=C(C)C)C2C2SCCS2)cc1. The van der Waals surface area contributed by atoms with Crippen molar-refractivity contribution in [3.05, 3.63) is 35.4 Å². The lowest BCUT2D eigenvalue weighted by Crippen LogP contribution is -2.55. The Bertz CT molecular complexity index is 502. The van der Waals surface area contributed by atoms with E-state index in [9.17, 15) is 0 Å². The minimum Gasteiger partial charge on any atom is -0.497 e. The van der Waals surface area contributed by atoms with Gasteiger partial charge in [0, 0.05) is 23.7 Å². The molecule has 2 nitrogen and oxygen atoms in total. The fraction of sp³-hybridized carbons (Fsp3) is 0.500. The van der Waals surface area contributed by atoms with Crippen LogP contribution in [-0.4, -0.2) is 35.8 Å². The van der Waals surface area contributed by atoms with Gasteiger partial charge < -0.3 is 9.64 Å². The van der Waals surface area contributed by atoms with E-state index in [1.54, 1.807) is 12.7 Å². The van der Waals surface area contributed by atoms with Gasteiger partial charge in [0.15, 0.2) is 0 Å². The highest BCUT2D eigenvalue weighted by Crippen LogP contribution is 2.45. The Hall–Kier alpha value is -0.740. The smallest absolute Gasteiger partial charge is 0.119 e. The third-order valence-corrected chi connectivity index (χ3v) is 7.11. The summed E-state index contributed by atoms with van der Waals surface area (Å²) in [5.41, 5.74) is 4.44. The molecule has 1 atom stereocenters. The zero-order valence-electron chi connectivity index (χ0n) is 12.3. The first-order valence-electron chi connectivity index (χ1n) is 7.01. The summed E-state index contributed by atoms with van der Waals surface area (Å²) in [6.45, 7) is 5.58. The number of rotatable bonds is 3. The van der Waals surface area contributed by atoms with Gasteiger partial charge in [-0.2, -0.15) is 0 Å². The molecule has 0 aromatic heterocycles. The maximum Gasteiger partial charge on any atom is 0.119 e. The van der Waals surface area contributed by atoms with Gasteiger partial charge in [0.1, 0.15) is 5.75 Å². The van der Waals surface area contributed by atoms with Crippen LogP contribution >= 0.6 is 23.5 Å². The molecule has 4 heteroatoms. The lowest BCUT2D eigenvalue weighted by Gasteiger charge is -2.48. The number of methoxy groups -OCH3 is 1. The Morgan fingerprint density at radius 1 is 1.15 bits per heavy atom. The van der Waals surface area contributed by atoms with E-state index in [1.807, 2.05) is 0 Å².